The van der Waals surface area contributed by atoms with E-state index in [-0.39, 0.29) is 0 Å². The summed E-state index contributed by atoms with van der Waals surface area (Å²) in [5, 5.41) is 3.25. The van der Waals surface area contributed by atoms with Gasteiger partial charge in [-0.3, -0.25) is 4.40 Å². The average molecular weight is 487 g/mol. The molecule has 188 valence electrons. The summed E-state index contributed by atoms with van der Waals surface area (Å²) in [4.78, 5) is 16.1. The minimum Gasteiger partial charge on any atom is -0.324 e. The van der Waals surface area contributed by atoms with Crippen LogP contribution in [0, 0.1) is 0 Å². The van der Waals surface area contributed by atoms with E-state index in [1.54, 1.807) is 19.2 Å². The second-order valence-electron chi connectivity index (χ2n) is 7.76. The standard InChI is InChI=1S/C24H24N6.C3H5F.C2H6/c1-5-17(2)22-23(30-14-12-18(16-29(3)4)15-21(30)28-22)20-11-13-25-24(27-20)26-19-9-7-6-8-10-19;1-2-3-4;1-2/h5-15H,1-2,16H2,3-4H3,(H,25,26,27);2-3H,1H3;1-2H3/b;3-2+;. The maximum atomic E-state index is 10.5. The molecule has 4 rings (SSSR count). The number of halogens is 1. The number of hydrogen-bond donors (Lipinski definition) is 1. The van der Waals surface area contributed by atoms with Crippen LogP contribution in [0.5, 0.6) is 0 Å². The van der Waals surface area contributed by atoms with Gasteiger partial charge in [-0.15, -0.1) is 0 Å². The molecule has 0 atom stereocenters. The van der Waals surface area contributed by atoms with Crippen LogP contribution in [0.15, 0.2) is 92.6 Å². The zero-order valence-corrected chi connectivity index (χ0v) is 21.7. The molecule has 36 heavy (non-hydrogen) atoms. The lowest BCUT2D eigenvalue weighted by atomic mass is 10.1. The Morgan fingerprint density at radius 3 is 2.42 bits per heavy atom. The Morgan fingerprint density at radius 1 is 1.11 bits per heavy atom. The van der Waals surface area contributed by atoms with Gasteiger partial charge in [0.05, 0.1) is 23.4 Å². The van der Waals surface area contributed by atoms with E-state index in [0.29, 0.717) is 12.3 Å². The average Bonchev–Trinajstić information content (AvgIpc) is 3.29. The van der Waals surface area contributed by atoms with Crippen molar-refractivity contribution < 1.29 is 4.39 Å². The number of hydrogen-bond acceptors (Lipinski definition) is 5. The topological polar surface area (TPSA) is 58.4 Å². The van der Waals surface area contributed by atoms with E-state index in [1.165, 1.54) is 11.6 Å². The molecule has 0 aliphatic carbocycles. The predicted octanol–water partition coefficient (Wildman–Crippen LogP) is 7.31. The number of imidazole rings is 1. The van der Waals surface area contributed by atoms with Crippen LogP contribution in [0.2, 0.25) is 0 Å². The van der Waals surface area contributed by atoms with Gasteiger partial charge in [-0.05, 0) is 62.5 Å². The molecule has 0 spiro atoms. The van der Waals surface area contributed by atoms with Crippen molar-refractivity contribution in [3.05, 3.63) is 104 Å². The molecule has 0 unspecified atom stereocenters. The molecule has 4 aromatic rings. The Bertz CT molecular complexity index is 1290. The van der Waals surface area contributed by atoms with E-state index in [9.17, 15) is 4.39 Å². The number of allylic oxidation sites excluding steroid dienone is 3. The highest BCUT2D eigenvalue weighted by Gasteiger charge is 2.18. The summed E-state index contributed by atoms with van der Waals surface area (Å²) in [6.45, 7) is 14.5. The van der Waals surface area contributed by atoms with Crippen LogP contribution in [0.25, 0.3) is 22.6 Å². The van der Waals surface area contributed by atoms with Gasteiger partial charge >= 0.3 is 0 Å². The van der Waals surface area contributed by atoms with Crippen LogP contribution < -0.4 is 5.32 Å². The Balaban J connectivity index is 0.000000694. The number of anilines is 2. The monoisotopic (exact) mass is 486 g/mol. The van der Waals surface area contributed by atoms with E-state index in [1.807, 2.05) is 74.9 Å². The quantitative estimate of drug-likeness (QED) is 0.278. The summed E-state index contributed by atoms with van der Waals surface area (Å²) in [5.41, 5.74) is 6.10. The van der Waals surface area contributed by atoms with Crippen molar-refractivity contribution in [1.29, 1.82) is 0 Å². The molecule has 3 aromatic heterocycles. The minimum absolute atomic E-state index is 0.500. The van der Waals surface area contributed by atoms with Gasteiger partial charge < -0.3 is 10.2 Å². The number of aromatic nitrogens is 4. The molecule has 0 fully saturated rings. The van der Waals surface area contributed by atoms with E-state index in [4.69, 9.17) is 9.97 Å². The fourth-order valence-corrected chi connectivity index (χ4v) is 3.32. The fourth-order valence-electron chi connectivity index (χ4n) is 3.32. The van der Waals surface area contributed by atoms with Crippen molar-refractivity contribution in [2.75, 3.05) is 19.4 Å². The Morgan fingerprint density at radius 2 is 1.81 bits per heavy atom. The lowest BCUT2D eigenvalue weighted by Gasteiger charge is -2.10. The van der Waals surface area contributed by atoms with Crippen LogP contribution in [0.4, 0.5) is 16.0 Å². The highest BCUT2D eigenvalue weighted by molar-refractivity contribution is 5.82. The predicted molar refractivity (Wildman–Crippen MR) is 150 cm³/mol. The van der Waals surface area contributed by atoms with Crippen molar-refractivity contribution in [2.24, 2.45) is 0 Å². The molecule has 3 heterocycles. The number of nitrogens with zero attached hydrogens (tertiary/aromatic N) is 5. The number of fused-ring (bicyclic) bond motifs is 1. The second kappa shape index (κ2) is 14.3. The van der Waals surface area contributed by atoms with Gasteiger partial charge in [-0.25, -0.2) is 19.3 Å². The first-order valence-electron chi connectivity index (χ1n) is 11.8. The summed E-state index contributed by atoms with van der Waals surface area (Å²) in [6.07, 6.45) is 7.33. The molecule has 0 saturated carbocycles. The van der Waals surface area contributed by atoms with Gasteiger partial charge in [0.2, 0.25) is 5.95 Å². The summed E-state index contributed by atoms with van der Waals surface area (Å²) in [5.74, 6) is 0.521. The number of para-hydroxylation sites is 1. The molecule has 0 aliphatic heterocycles. The highest BCUT2D eigenvalue weighted by Crippen LogP contribution is 2.29. The summed E-state index contributed by atoms with van der Waals surface area (Å²) < 4.78 is 12.6. The molecule has 7 heteroatoms. The molecule has 1 N–H and O–H groups in total. The van der Waals surface area contributed by atoms with Gasteiger partial charge in [-0.2, -0.15) is 0 Å². The van der Waals surface area contributed by atoms with Crippen molar-refractivity contribution in [1.82, 2.24) is 24.3 Å². The Hall–Kier alpha value is -4.10. The summed E-state index contributed by atoms with van der Waals surface area (Å²) in [6, 6.07) is 15.9. The fraction of sp³-hybridized carbons (Fsp3) is 0.207. The maximum absolute atomic E-state index is 10.5. The minimum atomic E-state index is 0.500. The van der Waals surface area contributed by atoms with Gasteiger partial charge in [0, 0.05) is 24.6 Å². The van der Waals surface area contributed by atoms with Gasteiger partial charge in [0.15, 0.2) is 0 Å². The SMILES string of the molecule is C/C=C/F.C=CC(=C)c1nc2cc(CN(C)C)ccn2c1-c1ccnc(Nc2ccccc2)n1.CC. The highest BCUT2D eigenvalue weighted by atomic mass is 19.1. The molecular weight excluding hydrogens is 451 g/mol. The lowest BCUT2D eigenvalue weighted by Crippen LogP contribution is -2.10. The molecule has 1 aromatic carbocycles. The van der Waals surface area contributed by atoms with Gasteiger partial charge in [-0.1, -0.05) is 57.4 Å². The maximum Gasteiger partial charge on any atom is 0.227 e. The number of benzene rings is 1. The van der Waals surface area contributed by atoms with Crippen LogP contribution in [-0.2, 0) is 6.54 Å². The first kappa shape index (κ1) is 28.1. The normalized spacial score (nSPS) is 10.4. The van der Waals surface area contributed by atoms with Crippen molar-refractivity contribution in [2.45, 2.75) is 27.3 Å². The molecular formula is C29H35FN6. The van der Waals surface area contributed by atoms with Crippen LogP contribution >= 0.6 is 0 Å². The van der Waals surface area contributed by atoms with E-state index in [2.05, 4.69) is 40.5 Å². The molecule has 6 nitrogen and oxygen atoms in total. The molecule has 0 saturated heterocycles. The third-order valence-corrected chi connectivity index (χ3v) is 4.79. The third-order valence-electron chi connectivity index (χ3n) is 4.79. The Kier molecular flexibility index (Phi) is 11.2. The zero-order chi connectivity index (χ0) is 26.5. The van der Waals surface area contributed by atoms with E-state index < -0.39 is 0 Å². The summed E-state index contributed by atoms with van der Waals surface area (Å²) in [7, 11) is 4.10. The number of rotatable bonds is 7. The molecule has 0 amide bonds. The number of nitrogens with one attached hydrogen (secondary N) is 1. The van der Waals surface area contributed by atoms with Gasteiger partial charge in [0.25, 0.3) is 0 Å². The van der Waals surface area contributed by atoms with Crippen LogP contribution in [-0.4, -0.2) is 38.3 Å². The zero-order valence-electron chi connectivity index (χ0n) is 21.7. The second-order valence-corrected chi connectivity index (χ2v) is 7.76. The van der Waals surface area contributed by atoms with E-state index >= 15 is 0 Å². The Labute approximate surface area is 213 Å². The lowest BCUT2D eigenvalue weighted by molar-refractivity contribution is 0.402. The third kappa shape index (κ3) is 7.45. The van der Waals surface area contributed by atoms with Crippen LogP contribution in [0.1, 0.15) is 32.0 Å². The molecule has 0 aliphatic rings. The van der Waals surface area contributed by atoms with E-state index in [0.717, 1.165) is 40.5 Å². The first-order chi connectivity index (χ1) is 17.5. The largest absolute Gasteiger partial charge is 0.324 e. The van der Waals surface area contributed by atoms with Crippen molar-refractivity contribution in [3.8, 4) is 11.4 Å². The van der Waals surface area contributed by atoms with Crippen molar-refractivity contribution in [3.63, 3.8) is 0 Å². The summed E-state index contributed by atoms with van der Waals surface area (Å²) >= 11 is 0. The van der Waals surface area contributed by atoms with Crippen LogP contribution in [0.3, 0.4) is 0 Å². The first-order valence-corrected chi connectivity index (χ1v) is 11.8. The smallest absolute Gasteiger partial charge is 0.227 e. The molecule has 0 radical (unpaired) electrons. The number of pyridine rings is 1. The van der Waals surface area contributed by atoms with Gasteiger partial charge in [0.1, 0.15) is 5.65 Å². The van der Waals surface area contributed by atoms with Crippen molar-refractivity contribution >= 4 is 22.9 Å². The molecule has 0 bridgehead atoms.